The van der Waals surface area contributed by atoms with Gasteiger partial charge >= 0.3 is 0 Å². The van der Waals surface area contributed by atoms with Crippen molar-refractivity contribution >= 4 is 11.8 Å². The van der Waals surface area contributed by atoms with Crippen molar-refractivity contribution in [2.24, 2.45) is 5.18 Å². The summed E-state index contributed by atoms with van der Waals surface area (Å²) >= 11 is 0. The minimum atomic E-state index is 0.180. The van der Waals surface area contributed by atoms with Crippen LogP contribution in [0.2, 0.25) is 0 Å². The van der Waals surface area contributed by atoms with Gasteiger partial charge in [0.2, 0.25) is 0 Å². The van der Waals surface area contributed by atoms with E-state index in [1.54, 1.807) is 12.1 Å². The van der Waals surface area contributed by atoms with Gasteiger partial charge in [-0.3, -0.25) is 0 Å². The van der Waals surface area contributed by atoms with Gasteiger partial charge < -0.3 is 0 Å². The maximum absolute atomic E-state index is 10.4. The minimum absolute atomic E-state index is 0.180. The van der Waals surface area contributed by atoms with E-state index < -0.39 is 0 Å². The lowest BCUT2D eigenvalue weighted by atomic mass is 9.97. The highest BCUT2D eigenvalue weighted by atomic mass is 16.3. The van der Waals surface area contributed by atoms with Crippen molar-refractivity contribution in [3.05, 3.63) is 88.9 Å². The SMILES string of the molecule is C=CC(/C=C\c1ccc(N=O)cc1)c1ccc(C)cc1. The Labute approximate surface area is 119 Å². The molecular formula is C18H17NO. The Hall–Kier alpha value is -2.48. The third-order valence-corrected chi connectivity index (χ3v) is 3.21. The zero-order valence-electron chi connectivity index (χ0n) is 11.5. The van der Waals surface area contributed by atoms with E-state index >= 15 is 0 Å². The predicted octanol–water partition coefficient (Wildman–Crippen LogP) is 5.38. The molecule has 0 saturated heterocycles. The molecule has 0 amide bonds. The van der Waals surface area contributed by atoms with Crippen LogP contribution in [0.3, 0.4) is 0 Å². The lowest BCUT2D eigenvalue weighted by Crippen LogP contribution is -1.90. The van der Waals surface area contributed by atoms with Crippen LogP contribution in [0.4, 0.5) is 5.69 Å². The fraction of sp³-hybridized carbons (Fsp3) is 0.111. The summed E-state index contributed by atoms with van der Waals surface area (Å²) < 4.78 is 0. The zero-order valence-corrected chi connectivity index (χ0v) is 11.5. The van der Waals surface area contributed by atoms with Gasteiger partial charge in [-0.1, -0.05) is 60.2 Å². The van der Waals surface area contributed by atoms with Gasteiger partial charge in [0.15, 0.2) is 0 Å². The molecule has 0 aliphatic carbocycles. The van der Waals surface area contributed by atoms with E-state index in [2.05, 4.69) is 49.0 Å². The van der Waals surface area contributed by atoms with E-state index in [9.17, 15) is 4.91 Å². The van der Waals surface area contributed by atoms with Gasteiger partial charge in [-0.05, 0) is 35.4 Å². The minimum Gasteiger partial charge on any atom is -0.145 e. The molecule has 0 radical (unpaired) electrons. The van der Waals surface area contributed by atoms with E-state index in [1.165, 1.54) is 11.1 Å². The molecule has 0 fully saturated rings. The van der Waals surface area contributed by atoms with Crippen LogP contribution in [-0.4, -0.2) is 0 Å². The number of allylic oxidation sites excluding steroid dienone is 2. The Morgan fingerprint density at radius 3 is 2.25 bits per heavy atom. The maximum atomic E-state index is 10.4. The molecule has 2 aromatic rings. The largest absolute Gasteiger partial charge is 0.145 e. The highest BCUT2D eigenvalue weighted by Gasteiger charge is 2.02. The Bertz CT molecular complexity index is 609. The lowest BCUT2D eigenvalue weighted by Gasteiger charge is -2.08. The number of nitrogens with zero attached hydrogens (tertiary/aromatic N) is 1. The second-order valence-electron chi connectivity index (χ2n) is 4.71. The molecule has 0 aromatic heterocycles. The summed E-state index contributed by atoms with van der Waals surface area (Å²) in [6.45, 7) is 5.97. The average molecular weight is 263 g/mol. The third-order valence-electron chi connectivity index (χ3n) is 3.21. The molecule has 0 N–H and O–H groups in total. The number of hydrogen-bond donors (Lipinski definition) is 0. The average Bonchev–Trinajstić information content (AvgIpc) is 2.50. The molecule has 0 aliphatic heterocycles. The van der Waals surface area contributed by atoms with Crippen LogP contribution in [0.5, 0.6) is 0 Å². The van der Waals surface area contributed by atoms with Gasteiger partial charge in [-0.15, -0.1) is 11.5 Å². The van der Waals surface area contributed by atoms with Crippen LogP contribution in [0, 0.1) is 11.8 Å². The molecule has 1 unspecified atom stereocenters. The van der Waals surface area contributed by atoms with Crippen molar-refractivity contribution in [1.29, 1.82) is 0 Å². The summed E-state index contributed by atoms with van der Waals surface area (Å²) in [5.41, 5.74) is 3.95. The molecule has 0 aliphatic rings. The van der Waals surface area contributed by atoms with E-state index in [0.717, 1.165) is 5.56 Å². The Morgan fingerprint density at radius 2 is 1.70 bits per heavy atom. The predicted molar refractivity (Wildman–Crippen MR) is 85.0 cm³/mol. The topological polar surface area (TPSA) is 29.4 Å². The Morgan fingerprint density at radius 1 is 1.05 bits per heavy atom. The molecule has 2 rings (SSSR count). The summed E-state index contributed by atoms with van der Waals surface area (Å²) in [7, 11) is 0. The normalized spacial score (nSPS) is 12.2. The first kappa shape index (κ1) is 13.9. The first-order valence-electron chi connectivity index (χ1n) is 6.53. The van der Waals surface area contributed by atoms with Gasteiger partial charge in [0.25, 0.3) is 0 Å². The fourth-order valence-electron chi connectivity index (χ4n) is 1.98. The number of aryl methyl sites for hydroxylation is 1. The standard InChI is InChI=1S/C18H17NO/c1-3-16(17-9-4-14(2)5-10-17)11-6-15-7-12-18(19-20)13-8-15/h3-13,16H,1H2,2H3/b11-6-. The summed E-state index contributed by atoms with van der Waals surface area (Å²) in [6, 6.07) is 15.6. The number of nitroso groups, excluding NO2 is 1. The van der Waals surface area contributed by atoms with Gasteiger partial charge in [-0.2, -0.15) is 0 Å². The van der Waals surface area contributed by atoms with Crippen LogP contribution in [0.15, 0.2) is 72.4 Å². The monoisotopic (exact) mass is 263 g/mol. The molecule has 2 aromatic carbocycles. The van der Waals surface area contributed by atoms with E-state index in [-0.39, 0.29) is 5.92 Å². The summed E-state index contributed by atoms with van der Waals surface area (Å²) in [5.74, 6) is 0.180. The molecule has 2 heteroatoms. The van der Waals surface area contributed by atoms with Crippen molar-refractivity contribution in [2.45, 2.75) is 12.8 Å². The van der Waals surface area contributed by atoms with Crippen molar-refractivity contribution in [3.63, 3.8) is 0 Å². The van der Waals surface area contributed by atoms with Crippen LogP contribution >= 0.6 is 0 Å². The van der Waals surface area contributed by atoms with Gasteiger partial charge in [-0.25, -0.2) is 0 Å². The van der Waals surface area contributed by atoms with Gasteiger partial charge in [0.05, 0.1) is 0 Å². The second-order valence-corrected chi connectivity index (χ2v) is 4.71. The van der Waals surface area contributed by atoms with Crippen molar-refractivity contribution in [1.82, 2.24) is 0 Å². The lowest BCUT2D eigenvalue weighted by molar-refractivity contribution is 1.09. The van der Waals surface area contributed by atoms with E-state index in [0.29, 0.717) is 5.69 Å². The highest BCUT2D eigenvalue weighted by molar-refractivity contribution is 5.54. The Balaban J connectivity index is 2.16. The first-order chi connectivity index (χ1) is 9.72. The molecule has 0 spiro atoms. The number of benzene rings is 2. The fourth-order valence-corrected chi connectivity index (χ4v) is 1.98. The molecule has 100 valence electrons. The molecule has 1 atom stereocenters. The van der Waals surface area contributed by atoms with E-state index in [4.69, 9.17) is 0 Å². The van der Waals surface area contributed by atoms with Crippen molar-refractivity contribution in [3.8, 4) is 0 Å². The smallest absolute Gasteiger partial charge is 0.108 e. The summed E-state index contributed by atoms with van der Waals surface area (Å²) in [6.07, 6.45) is 6.05. The molecule has 0 bridgehead atoms. The van der Waals surface area contributed by atoms with Crippen LogP contribution in [0.1, 0.15) is 22.6 Å². The van der Waals surface area contributed by atoms with Crippen LogP contribution < -0.4 is 0 Å². The van der Waals surface area contributed by atoms with Crippen molar-refractivity contribution < 1.29 is 0 Å². The van der Waals surface area contributed by atoms with Crippen LogP contribution in [-0.2, 0) is 0 Å². The highest BCUT2D eigenvalue weighted by Crippen LogP contribution is 2.21. The first-order valence-corrected chi connectivity index (χ1v) is 6.53. The zero-order chi connectivity index (χ0) is 14.4. The molecule has 0 saturated carbocycles. The quantitative estimate of drug-likeness (QED) is 0.526. The van der Waals surface area contributed by atoms with Crippen molar-refractivity contribution in [2.75, 3.05) is 0 Å². The van der Waals surface area contributed by atoms with Crippen LogP contribution in [0.25, 0.3) is 6.08 Å². The maximum Gasteiger partial charge on any atom is 0.108 e. The molecule has 20 heavy (non-hydrogen) atoms. The summed E-state index contributed by atoms with van der Waals surface area (Å²) in [4.78, 5) is 10.4. The Kier molecular flexibility index (Phi) is 4.61. The van der Waals surface area contributed by atoms with Gasteiger partial charge in [0, 0.05) is 5.92 Å². The number of rotatable bonds is 5. The van der Waals surface area contributed by atoms with E-state index in [1.807, 2.05) is 24.3 Å². The third kappa shape index (κ3) is 3.51. The molecule has 0 heterocycles. The van der Waals surface area contributed by atoms with Gasteiger partial charge in [0.1, 0.15) is 5.69 Å². The molecular weight excluding hydrogens is 246 g/mol. The molecule has 2 nitrogen and oxygen atoms in total. The second kappa shape index (κ2) is 6.62. The summed E-state index contributed by atoms with van der Waals surface area (Å²) in [5, 5.41) is 2.89. The number of hydrogen-bond acceptors (Lipinski definition) is 2.